The van der Waals surface area contributed by atoms with Crippen LogP contribution in [0.2, 0.25) is 0 Å². The van der Waals surface area contributed by atoms with Crippen molar-refractivity contribution in [2.24, 2.45) is 0 Å². The van der Waals surface area contributed by atoms with E-state index in [1.165, 1.54) is 44.4 Å². The van der Waals surface area contributed by atoms with Crippen molar-refractivity contribution in [1.82, 2.24) is 15.2 Å². The summed E-state index contributed by atoms with van der Waals surface area (Å²) in [5.41, 5.74) is 9.03. The van der Waals surface area contributed by atoms with Crippen molar-refractivity contribution in [1.29, 1.82) is 0 Å². The van der Waals surface area contributed by atoms with Crippen molar-refractivity contribution in [3.05, 3.63) is 88.1 Å². The zero-order valence-electron chi connectivity index (χ0n) is 22.1. The molecule has 0 radical (unpaired) electrons. The van der Waals surface area contributed by atoms with Crippen LogP contribution in [0.3, 0.4) is 0 Å². The standard InChI is InChI=1S/C31H35N3O3/c1-19-25-17-29(37-4)28(36-3)16-20(25)12-14-34(19)18-22-15-21(9-10-27(22)35-2)30-31-24(11-13-32-30)23-7-5-6-8-26(23)33-31/h5-10,15-17,19,30,32-33H,11-14,18H2,1-4H3/t19-,30-/m1/s1. The van der Waals surface area contributed by atoms with Crippen LogP contribution in [0.4, 0.5) is 0 Å². The lowest BCUT2D eigenvalue weighted by atomic mass is 9.91. The largest absolute Gasteiger partial charge is 0.496 e. The number of nitrogens with one attached hydrogen (secondary N) is 2. The molecule has 2 aliphatic rings. The Bertz CT molecular complexity index is 1440. The molecule has 6 heteroatoms. The van der Waals surface area contributed by atoms with Crippen molar-refractivity contribution < 1.29 is 14.2 Å². The maximum absolute atomic E-state index is 5.83. The summed E-state index contributed by atoms with van der Waals surface area (Å²) in [6, 6.07) is 19.9. The van der Waals surface area contributed by atoms with Crippen LogP contribution in [0.1, 0.15) is 52.5 Å². The van der Waals surface area contributed by atoms with E-state index in [1.54, 1.807) is 21.3 Å². The lowest BCUT2D eigenvalue weighted by Crippen LogP contribution is -2.34. The van der Waals surface area contributed by atoms with Gasteiger partial charge in [-0.25, -0.2) is 0 Å². The minimum absolute atomic E-state index is 0.136. The summed E-state index contributed by atoms with van der Waals surface area (Å²) >= 11 is 0. The SMILES string of the molecule is COc1ccc([C@H]2NCCc3c2[nH]c2ccccc32)cc1CN1CCc2cc(OC)c(OC)cc2[C@H]1C. The fourth-order valence-electron chi connectivity index (χ4n) is 6.20. The van der Waals surface area contributed by atoms with Crippen LogP contribution in [-0.2, 0) is 19.4 Å². The van der Waals surface area contributed by atoms with E-state index in [1.807, 2.05) is 0 Å². The van der Waals surface area contributed by atoms with Crippen molar-refractivity contribution in [2.45, 2.75) is 38.4 Å². The second-order valence-electron chi connectivity index (χ2n) is 10.1. The summed E-state index contributed by atoms with van der Waals surface area (Å²) in [4.78, 5) is 6.23. The summed E-state index contributed by atoms with van der Waals surface area (Å²) < 4.78 is 17.0. The lowest BCUT2D eigenvalue weighted by Gasteiger charge is -2.36. The molecule has 0 spiro atoms. The van der Waals surface area contributed by atoms with Crippen molar-refractivity contribution in [2.75, 3.05) is 34.4 Å². The third-order valence-electron chi connectivity index (χ3n) is 8.18. The molecule has 0 amide bonds. The zero-order chi connectivity index (χ0) is 25.5. The van der Waals surface area contributed by atoms with Crippen LogP contribution in [0, 0.1) is 0 Å². The smallest absolute Gasteiger partial charge is 0.161 e. The van der Waals surface area contributed by atoms with E-state index >= 15 is 0 Å². The van der Waals surface area contributed by atoms with E-state index in [4.69, 9.17) is 14.2 Å². The Labute approximate surface area is 218 Å². The van der Waals surface area contributed by atoms with Crippen LogP contribution in [0.5, 0.6) is 17.2 Å². The number of aromatic nitrogens is 1. The highest BCUT2D eigenvalue weighted by Crippen LogP contribution is 2.40. The topological polar surface area (TPSA) is 58.8 Å². The van der Waals surface area contributed by atoms with E-state index in [2.05, 4.69) is 76.7 Å². The normalized spacial score (nSPS) is 19.4. The number of benzene rings is 3. The number of aromatic amines is 1. The third kappa shape index (κ3) is 4.14. The fraction of sp³-hybridized carbons (Fsp3) is 0.355. The number of nitrogens with zero attached hydrogens (tertiary/aromatic N) is 1. The van der Waals surface area contributed by atoms with E-state index in [-0.39, 0.29) is 12.1 Å². The average Bonchev–Trinajstić information content (AvgIpc) is 3.33. The Kier molecular flexibility index (Phi) is 6.31. The fourth-order valence-corrected chi connectivity index (χ4v) is 6.20. The number of para-hydroxylation sites is 1. The monoisotopic (exact) mass is 497 g/mol. The van der Waals surface area contributed by atoms with Gasteiger partial charge in [0.1, 0.15) is 5.75 Å². The molecule has 37 heavy (non-hydrogen) atoms. The Morgan fingerprint density at radius 1 is 0.892 bits per heavy atom. The molecule has 0 saturated carbocycles. The maximum Gasteiger partial charge on any atom is 0.161 e. The Morgan fingerprint density at radius 2 is 1.68 bits per heavy atom. The minimum Gasteiger partial charge on any atom is -0.496 e. The molecule has 0 aliphatic carbocycles. The zero-order valence-corrected chi connectivity index (χ0v) is 22.1. The van der Waals surface area contributed by atoms with E-state index < -0.39 is 0 Å². The van der Waals surface area contributed by atoms with Crippen LogP contribution < -0.4 is 19.5 Å². The quantitative estimate of drug-likeness (QED) is 0.366. The predicted molar refractivity (Wildman–Crippen MR) is 147 cm³/mol. The Morgan fingerprint density at radius 3 is 2.49 bits per heavy atom. The number of H-pyrrole nitrogens is 1. The summed E-state index contributed by atoms with van der Waals surface area (Å²) in [6.45, 7) is 5.04. The van der Waals surface area contributed by atoms with Gasteiger partial charge in [0.25, 0.3) is 0 Å². The first kappa shape index (κ1) is 23.9. The second-order valence-corrected chi connectivity index (χ2v) is 10.1. The highest BCUT2D eigenvalue weighted by molar-refractivity contribution is 5.85. The van der Waals surface area contributed by atoms with Gasteiger partial charge < -0.3 is 24.5 Å². The molecule has 6 nitrogen and oxygen atoms in total. The number of methoxy groups -OCH3 is 3. The molecular weight excluding hydrogens is 462 g/mol. The van der Waals surface area contributed by atoms with Gasteiger partial charge in [0.2, 0.25) is 0 Å². The van der Waals surface area contributed by atoms with Crippen molar-refractivity contribution in [3.8, 4) is 17.2 Å². The van der Waals surface area contributed by atoms with Gasteiger partial charge in [0, 0.05) is 47.8 Å². The Hall–Kier alpha value is -3.48. The third-order valence-corrected chi connectivity index (χ3v) is 8.18. The number of rotatable bonds is 6. The van der Waals surface area contributed by atoms with Crippen LogP contribution in [0.15, 0.2) is 54.6 Å². The van der Waals surface area contributed by atoms with Gasteiger partial charge in [-0.15, -0.1) is 0 Å². The molecule has 0 fully saturated rings. The molecule has 0 saturated heterocycles. The first-order valence-electron chi connectivity index (χ1n) is 13.1. The van der Waals surface area contributed by atoms with Crippen LogP contribution >= 0.6 is 0 Å². The summed E-state index contributed by atoms with van der Waals surface area (Å²) in [7, 11) is 5.16. The summed E-state index contributed by atoms with van der Waals surface area (Å²) in [6.07, 6.45) is 2.02. The van der Waals surface area contributed by atoms with Gasteiger partial charge in [0.05, 0.1) is 27.4 Å². The molecule has 2 atom stereocenters. The first-order chi connectivity index (χ1) is 18.1. The molecule has 4 aromatic rings. The average molecular weight is 498 g/mol. The van der Waals surface area contributed by atoms with Gasteiger partial charge in [-0.3, -0.25) is 4.90 Å². The first-order valence-corrected chi connectivity index (χ1v) is 13.1. The number of ether oxygens (including phenoxy) is 3. The highest BCUT2D eigenvalue weighted by Gasteiger charge is 2.29. The number of hydrogen-bond acceptors (Lipinski definition) is 5. The molecular formula is C31H35N3O3. The van der Waals surface area contributed by atoms with Gasteiger partial charge in [0.15, 0.2) is 11.5 Å². The van der Waals surface area contributed by atoms with Crippen molar-refractivity contribution >= 4 is 10.9 Å². The van der Waals surface area contributed by atoms with Crippen LogP contribution in [-0.4, -0.2) is 44.3 Å². The highest BCUT2D eigenvalue weighted by atomic mass is 16.5. The molecule has 192 valence electrons. The van der Waals surface area contributed by atoms with Crippen molar-refractivity contribution in [3.63, 3.8) is 0 Å². The molecule has 2 aliphatic heterocycles. The predicted octanol–water partition coefficient (Wildman–Crippen LogP) is 5.55. The second kappa shape index (κ2) is 9.77. The summed E-state index contributed by atoms with van der Waals surface area (Å²) in [5, 5.41) is 5.09. The maximum atomic E-state index is 5.83. The molecule has 0 bridgehead atoms. The molecule has 1 aromatic heterocycles. The number of hydrogen-bond donors (Lipinski definition) is 2. The molecule has 3 heterocycles. The van der Waals surface area contributed by atoms with Gasteiger partial charge in [-0.05, 0) is 72.4 Å². The molecule has 0 unspecified atom stereocenters. The van der Waals surface area contributed by atoms with E-state index in [9.17, 15) is 0 Å². The summed E-state index contributed by atoms with van der Waals surface area (Å²) in [5.74, 6) is 2.52. The molecule has 6 rings (SSSR count). The number of fused-ring (bicyclic) bond motifs is 4. The van der Waals surface area contributed by atoms with Gasteiger partial charge >= 0.3 is 0 Å². The minimum atomic E-state index is 0.136. The Balaban J connectivity index is 1.32. The van der Waals surface area contributed by atoms with Gasteiger partial charge in [-0.1, -0.05) is 24.3 Å². The lowest BCUT2D eigenvalue weighted by molar-refractivity contribution is 0.186. The van der Waals surface area contributed by atoms with Gasteiger partial charge in [-0.2, -0.15) is 0 Å². The van der Waals surface area contributed by atoms with E-state index in [0.717, 1.165) is 49.7 Å². The van der Waals surface area contributed by atoms with Crippen LogP contribution in [0.25, 0.3) is 10.9 Å². The molecule has 3 aromatic carbocycles. The molecule has 2 N–H and O–H groups in total. The van der Waals surface area contributed by atoms with E-state index in [0.29, 0.717) is 0 Å².